The monoisotopic (exact) mass is 247 g/mol. The van der Waals surface area contributed by atoms with E-state index in [9.17, 15) is 9.59 Å². The van der Waals surface area contributed by atoms with Crippen molar-refractivity contribution in [3.63, 3.8) is 0 Å². The van der Waals surface area contributed by atoms with Gasteiger partial charge in [-0.15, -0.1) is 0 Å². The smallest absolute Gasteiger partial charge is 0.328 e. The predicted molar refractivity (Wildman–Crippen MR) is 71.4 cm³/mol. The lowest BCUT2D eigenvalue weighted by Gasteiger charge is -2.08. The summed E-state index contributed by atoms with van der Waals surface area (Å²) in [7, 11) is 0. The first-order valence-corrected chi connectivity index (χ1v) is 5.84. The van der Waals surface area contributed by atoms with Crippen LogP contribution in [0.5, 0.6) is 0 Å². The summed E-state index contributed by atoms with van der Waals surface area (Å²) >= 11 is 0. The number of carboxylic acids is 1. The Bertz CT molecular complexity index is 478. The molecule has 1 rings (SSSR count). The molecule has 2 N–H and O–H groups in total. The summed E-state index contributed by atoms with van der Waals surface area (Å²) < 4.78 is 0. The molecule has 0 heterocycles. The van der Waals surface area contributed by atoms with Crippen LogP contribution in [0.4, 0.5) is 5.69 Å². The molecule has 4 heteroatoms. The van der Waals surface area contributed by atoms with Crippen molar-refractivity contribution in [2.75, 3.05) is 5.32 Å². The highest BCUT2D eigenvalue weighted by Crippen LogP contribution is 2.17. The number of carbonyl (C=O) groups is 2. The van der Waals surface area contributed by atoms with Gasteiger partial charge in [-0.05, 0) is 42.7 Å². The fourth-order valence-corrected chi connectivity index (χ4v) is 1.54. The van der Waals surface area contributed by atoms with Crippen molar-refractivity contribution in [2.45, 2.75) is 26.7 Å². The average Bonchev–Trinajstić information content (AvgIpc) is 2.30. The molecule has 18 heavy (non-hydrogen) atoms. The summed E-state index contributed by atoms with van der Waals surface area (Å²) in [6.07, 6.45) is 3.92. The largest absolute Gasteiger partial charge is 0.478 e. The second-order valence-electron chi connectivity index (χ2n) is 4.04. The number of nitrogens with one attached hydrogen (secondary N) is 1. The Morgan fingerprint density at radius 3 is 2.67 bits per heavy atom. The Balaban J connectivity index is 2.79. The summed E-state index contributed by atoms with van der Waals surface area (Å²) in [5.74, 6) is -0.984. The molecule has 0 saturated carbocycles. The third-order valence-corrected chi connectivity index (χ3v) is 2.42. The van der Waals surface area contributed by atoms with Gasteiger partial charge in [0.05, 0.1) is 0 Å². The second kappa shape index (κ2) is 6.59. The van der Waals surface area contributed by atoms with Crippen molar-refractivity contribution in [3.8, 4) is 0 Å². The Morgan fingerprint density at radius 2 is 2.11 bits per heavy atom. The van der Waals surface area contributed by atoms with Gasteiger partial charge in [0.25, 0.3) is 0 Å². The van der Waals surface area contributed by atoms with Crippen LogP contribution < -0.4 is 5.32 Å². The van der Waals surface area contributed by atoms with Crippen LogP contribution in [0.2, 0.25) is 0 Å². The normalized spacial score (nSPS) is 10.6. The molecule has 0 aliphatic rings. The van der Waals surface area contributed by atoms with Crippen molar-refractivity contribution >= 4 is 23.6 Å². The summed E-state index contributed by atoms with van der Waals surface area (Å²) in [6, 6.07) is 5.39. The zero-order valence-electron chi connectivity index (χ0n) is 10.6. The van der Waals surface area contributed by atoms with Gasteiger partial charge in [-0.3, -0.25) is 4.79 Å². The number of amides is 1. The molecule has 0 radical (unpaired) electrons. The molecule has 0 spiro atoms. The molecular formula is C14H17NO3. The lowest BCUT2D eigenvalue weighted by molar-refractivity contribution is -0.131. The fraction of sp³-hybridized carbons (Fsp3) is 0.286. The molecule has 0 bridgehead atoms. The topological polar surface area (TPSA) is 66.4 Å². The third-order valence-electron chi connectivity index (χ3n) is 2.42. The Morgan fingerprint density at radius 1 is 1.39 bits per heavy atom. The van der Waals surface area contributed by atoms with Gasteiger partial charge in [0.15, 0.2) is 0 Å². The third kappa shape index (κ3) is 4.41. The molecule has 0 aromatic heterocycles. The number of carboxylic acid groups (broad SMARTS) is 1. The van der Waals surface area contributed by atoms with E-state index >= 15 is 0 Å². The van der Waals surface area contributed by atoms with Gasteiger partial charge >= 0.3 is 5.97 Å². The van der Waals surface area contributed by atoms with E-state index in [2.05, 4.69) is 5.32 Å². The average molecular weight is 247 g/mol. The van der Waals surface area contributed by atoms with E-state index in [4.69, 9.17) is 5.11 Å². The van der Waals surface area contributed by atoms with E-state index in [0.717, 1.165) is 29.3 Å². The van der Waals surface area contributed by atoms with Gasteiger partial charge in [0, 0.05) is 18.2 Å². The van der Waals surface area contributed by atoms with Crippen molar-refractivity contribution in [2.24, 2.45) is 0 Å². The van der Waals surface area contributed by atoms with Crippen LogP contribution in [-0.4, -0.2) is 17.0 Å². The molecule has 0 unspecified atom stereocenters. The molecular weight excluding hydrogens is 230 g/mol. The van der Waals surface area contributed by atoms with E-state index in [0.29, 0.717) is 6.42 Å². The number of aliphatic carboxylic acids is 1. The van der Waals surface area contributed by atoms with E-state index in [1.165, 1.54) is 6.08 Å². The number of hydrogen-bond acceptors (Lipinski definition) is 2. The highest BCUT2D eigenvalue weighted by molar-refractivity contribution is 5.91. The van der Waals surface area contributed by atoms with Gasteiger partial charge in [-0.1, -0.05) is 13.0 Å². The quantitative estimate of drug-likeness (QED) is 0.786. The Hall–Kier alpha value is -2.10. The Labute approximate surface area is 106 Å². The molecule has 0 saturated heterocycles. The molecule has 0 atom stereocenters. The highest BCUT2D eigenvalue weighted by atomic mass is 16.4. The number of carbonyl (C=O) groups excluding carboxylic acids is 1. The van der Waals surface area contributed by atoms with Crippen molar-refractivity contribution in [3.05, 3.63) is 35.4 Å². The van der Waals surface area contributed by atoms with E-state index in [1.54, 1.807) is 12.1 Å². The van der Waals surface area contributed by atoms with Crippen LogP contribution in [0.25, 0.3) is 6.08 Å². The van der Waals surface area contributed by atoms with Gasteiger partial charge in [0.1, 0.15) is 0 Å². The maximum absolute atomic E-state index is 11.5. The van der Waals surface area contributed by atoms with Crippen LogP contribution in [0.15, 0.2) is 24.3 Å². The zero-order chi connectivity index (χ0) is 13.5. The highest BCUT2D eigenvalue weighted by Gasteiger charge is 2.03. The first-order chi connectivity index (χ1) is 8.52. The van der Waals surface area contributed by atoms with Crippen LogP contribution in [0, 0.1) is 6.92 Å². The number of hydrogen-bond donors (Lipinski definition) is 2. The summed E-state index contributed by atoms with van der Waals surface area (Å²) in [4.78, 5) is 21.9. The fourth-order valence-electron chi connectivity index (χ4n) is 1.54. The molecule has 0 fully saturated rings. The van der Waals surface area contributed by atoms with E-state index in [1.807, 2.05) is 19.9 Å². The maximum atomic E-state index is 11.5. The SMILES string of the molecule is CCCC(=O)Nc1ccc(/C=C/C(=O)O)cc1C. The predicted octanol–water partition coefficient (Wildman–Crippen LogP) is 2.83. The minimum atomic E-state index is -0.979. The van der Waals surface area contributed by atoms with Crippen LogP contribution in [0.1, 0.15) is 30.9 Å². The van der Waals surface area contributed by atoms with Crippen LogP contribution in [-0.2, 0) is 9.59 Å². The molecule has 1 amide bonds. The minimum Gasteiger partial charge on any atom is -0.478 e. The molecule has 0 aliphatic carbocycles. The van der Waals surface area contributed by atoms with Crippen molar-refractivity contribution in [1.29, 1.82) is 0 Å². The van der Waals surface area contributed by atoms with Gasteiger partial charge < -0.3 is 10.4 Å². The van der Waals surface area contributed by atoms with E-state index in [-0.39, 0.29) is 5.91 Å². The molecule has 1 aromatic carbocycles. The molecule has 0 aliphatic heterocycles. The van der Waals surface area contributed by atoms with Gasteiger partial charge in [-0.2, -0.15) is 0 Å². The summed E-state index contributed by atoms with van der Waals surface area (Å²) in [5.41, 5.74) is 2.47. The zero-order valence-corrected chi connectivity index (χ0v) is 10.6. The number of benzene rings is 1. The lowest BCUT2D eigenvalue weighted by atomic mass is 10.1. The summed E-state index contributed by atoms with van der Waals surface area (Å²) in [5, 5.41) is 11.4. The molecule has 96 valence electrons. The van der Waals surface area contributed by atoms with Crippen molar-refractivity contribution < 1.29 is 14.7 Å². The number of rotatable bonds is 5. The lowest BCUT2D eigenvalue weighted by Crippen LogP contribution is -2.11. The maximum Gasteiger partial charge on any atom is 0.328 e. The van der Waals surface area contributed by atoms with Gasteiger partial charge in [-0.25, -0.2) is 4.79 Å². The number of anilines is 1. The minimum absolute atomic E-state index is 0.00516. The number of aryl methyl sites for hydroxylation is 1. The Kier molecular flexibility index (Phi) is 5.11. The standard InChI is InChI=1S/C14H17NO3/c1-3-4-13(16)15-12-7-5-11(9-10(12)2)6-8-14(17)18/h5-9H,3-4H2,1-2H3,(H,15,16)(H,17,18)/b8-6+. The first kappa shape index (κ1) is 14.0. The molecule has 4 nitrogen and oxygen atoms in total. The van der Waals surface area contributed by atoms with Crippen molar-refractivity contribution in [1.82, 2.24) is 0 Å². The molecule has 1 aromatic rings. The van der Waals surface area contributed by atoms with E-state index < -0.39 is 5.97 Å². The van der Waals surface area contributed by atoms with Crippen LogP contribution >= 0.6 is 0 Å². The van der Waals surface area contributed by atoms with Gasteiger partial charge in [0.2, 0.25) is 5.91 Å². The second-order valence-corrected chi connectivity index (χ2v) is 4.04. The summed E-state index contributed by atoms with van der Waals surface area (Å²) in [6.45, 7) is 3.83. The van der Waals surface area contributed by atoms with Crippen LogP contribution in [0.3, 0.4) is 0 Å². The first-order valence-electron chi connectivity index (χ1n) is 5.84.